The molecule has 0 bridgehead atoms. The smallest absolute Gasteiger partial charge is 0.341 e. The van der Waals surface area contributed by atoms with Gasteiger partial charge in [0.25, 0.3) is 6.43 Å². The van der Waals surface area contributed by atoms with Crippen LogP contribution in [0.15, 0.2) is 12.3 Å². The molecule has 0 saturated heterocycles. The normalized spacial score (nSPS) is 10.3. The van der Waals surface area contributed by atoms with Crippen LogP contribution in [0.4, 0.5) is 8.78 Å². The minimum absolute atomic E-state index is 0.122. The Labute approximate surface area is 78.1 Å². The second-order valence-corrected chi connectivity index (χ2v) is 2.38. The van der Waals surface area contributed by atoms with Crippen LogP contribution in [0, 0.1) is 0 Å². The molecule has 0 saturated carbocycles. The fourth-order valence-electron chi connectivity index (χ4n) is 1.01. The predicted molar refractivity (Wildman–Crippen MR) is 42.7 cm³/mol. The molecular formula is C8H7F2NO3. The van der Waals surface area contributed by atoms with Crippen molar-refractivity contribution in [2.45, 2.75) is 6.43 Å². The van der Waals surface area contributed by atoms with E-state index in [0.29, 0.717) is 0 Å². The maximum Gasteiger partial charge on any atom is 0.341 e. The molecule has 1 rings (SSSR count). The van der Waals surface area contributed by atoms with Gasteiger partial charge in [0.15, 0.2) is 0 Å². The highest BCUT2D eigenvalue weighted by atomic mass is 19.3. The van der Waals surface area contributed by atoms with Crippen molar-refractivity contribution in [3.8, 4) is 5.75 Å². The Morgan fingerprint density at radius 2 is 2.29 bits per heavy atom. The number of methoxy groups -OCH3 is 1. The summed E-state index contributed by atoms with van der Waals surface area (Å²) in [6.45, 7) is 0. The summed E-state index contributed by atoms with van der Waals surface area (Å²) in [5, 5.41) is 8.67. The SMILES string of the molecule is COc1ccnc(C(F)F)c1C(=O)O. The molecule has 1 aromatic heterocycles. The zero-order chi connectivity index (χ0) is 10.7. The maximum absolute atomic E-state index is 12.3. The molecule has 0 radical (unpaired) electrons. The van der Waals surface area contributed by atoms with Gasteiger partial charge in [-0.3, -0.25) is 4.98 Å². The Hall–Kier alpha value is -1.72. The highest BCUT2D eigenvalue weighted by Crippen LogP contribution is 2.27. The number of ether oxygens (including phenoxy) is 1. The molecule has 0 atom stereocenters. The van der Waals surface area contributed by atoms with E-state index in [1.807, 2.05) is 0 Å². The first kappa shape index (κ1) is 10.4. The van der Waals surface area contributed by atoms with E-state index in [2.05, 4.69) is 9.72 Å². The van der Waals surface area contributed by atoms with Crippen LogP contribution in [-0.4, -0.2) is 23.2 Å². The van der Waals surface area contributed by atoms with Gasteiger partial charge in [0, 0.05) is 6.20 Å². The highest BCUT2D eigenvalue weighted by molar-refractivity contribution is 5.92. The Kier molecular flexibility index (Phi) is 2.95. The average molecular weight is 203 g/mol. The quantitative estimate of drug-likeness (QED) is 0.812. The van der Waals surface area contributed by atoms with Gasteiger partial charge in [0.2, 0.25) is 0 Å². The van der Waals surface area contributed by atoms with Gasteiger partial charge in [-0.05, 0) is 6.07 Å². The lowest BCUT2D eigenvalue weighted by Crippen LogP contribution is -2.07. The predicted octanol–water partition coefficient (Wildman–Crippen LogP) is 1.73. The lowest BCUT2D eigenvalue weighted by atomic mass is 10.2. The topological polar surface area (TPSA) is 59.4 Å². The standard InChI is InChI=1S/C8H7F2NO3/c1-14-4-2-3-11-6(7(9)10)5(4)8(12)13/h2-3,7H,1H3,(H,12,13). The summed E-state index contributed by atoms with van der Waals surface area (Å²) >= 11 is 0. The first-order valence-corrected chi connectivity index (χ1v) is 3.62. The molecule has 1 heterocycles. The molecule has 0 aromatic carbocycles. The van der Waals surface area contributed by atoms with Crippen molar-refractivity contribution in [1.82, 2.24) is 4.98 Å². The van der Waals surface area contributed by atoms with Crippen molar-refractivity contribution < 1.29 is 23.4 Å². The minimum atomic E-state index is -2.93. The number of nitrogens with zero attached hydrogens (tertiary/aromatic N) is 1. The number of carbonyl (C=O) groups is 1. The summed E-state index contributed by atoms with van der Waals surface area (Å²) in [6.07, 6.45) is -1.86. The van der Waals surface area contributed by atoms with Crippen molar-refractivity contribution in [3.05, 3.63) is 23.5 Å². The fourth-order valence-corrected chi connectivity index (χ4v) is 1.01. The van der Waals surface area contributed by atoms with Crippen LogP contribution in [0.25, 0.3) is 0 Å². The molecule has 0 aliphatic rings. The van der Waals surface area contributed by atoms with E-state index in [0.717, 1.165) is 6.20 Å². The molecule has 1 N–H and O–H groups in total. The lowest BCUT2D eigenvalue weighted by molar-refractivity contribution is 0.0678. The number of carboxylic acid groups (broad SMARTS) is 1. The van der Waals surface area contributed by atoms with E-state index in [1.165, 1.54) is 13.2 Å². The van der Waals surface area contributed by atoms with E-state index >= 15 is 0 Å². The number of aromatic carboxylic acids is 1. The summed E-state index contributed by atoms with van der Waals surface area (Å²) in [5.41, 5.74) is -1.37. The van der Waals surface area contributed by atoms with E-state index in [4.69, 9.17) is 5.11 Å². The van der Waals surface area contributed by atoms with Crippen LogP contribution in [0.2, 0.25) is 0 Å². The first-order chi connectivity index (χ1) is 6.57. The monoisotopic (exact) mass is 203 g/mol. The summed E-state index contributed by atoms with van der Waals surface area (Å²) in [6, 6.07) is 1.22. The van der Waals surface area contributed by atoms with Crippen LogP contribution in [0.5, 0.6) is 5.75 Å². The molecule has 1 aromatic rings. The maximum atomic E-state index is 12.3. The van der Waals surface area contributed by atoms with E-state index < -0.39 is 23.7 Å². The average Bonchev–Trinajstić information content (AvgIpc) is 2.16. The van der Waals surface area contributed by atoms with Crippen LogP contribution in [0.3, 0.4) is 0 Å². The van der Waals surface area contributed by atoms with Gasteiger partial charge in [-0.2, -0.15) is 0 Å². The molecule has 0 fully saturated rings. The molecule has 0 aliphatic heterocycles. The van der Waals surface area contributed by atoms with Gasteiger partial charge in [0.05, 0.1) is 7.11 Å². The first-order valence-electron chi connectivity index (χ1n) is 3.62. The zero-order valence-electron chi connectivity index (χ0n) is 7.20. The van der Waals surface area contributed by atoms with Crippen LogP contribution in [-0.2, 0) is 0 Å². The summed E-state index contributed by atoms with van der Waals surface area (Å²) in [7, 11) is 1.21. The van der Waals surface area contributed by atoms with Crippen molar-refractivity contribution >= 4 is 5.97 Å². The Morgan fingerprint density at radius 3 is 2.71 bits per heavy atom. The third-order valence-electron chi connectivity index (χ3n) is 1.58. The molecule has 0 unspecified atom stereocenters. The van der Waals surface area contributed by atoms with Gasteiger partial charge in [0.1, 0.15) is 17.0 Å². The molecule has 0 aliphatic carbocycles. The van der Waals surface area contributed by atoms with Gasteiger partial charge in [-0.1, -0.05) is 0 Å². The fraction of sp³-hybridized carbons (Fsp3) is 0.250. The van der Waals surface area contributed by atoms with Gasteiger partial charge in [-0.25, -0.2) is 13.6 Å². The molecule has 4 nitrogen and oxygen atoms in total. The van der Waals surface area contributed by atoms with Crippen molar-refractivity contribution in [3.63, 3.8) is 0 Å². The lowest BCUT2D eigenvalue weighted by Gasteiger charge is -2.08. The number of halogens is 2. The third kappa shape index (κ3) is 1.78. The Bertz CT molecular complexity index is 354. The number of hydrogen-bond acceptors (Lipinski definition) is 3. The van der Waals surface area contributed by atoms with Gasteiger partial charge >= 0.3 is 5.97 Å². The van der Waals surface area contributed by atoms with Crippen molar-refractivity contribution in [2.24, 2.45) is 0 Å². The number of hydrogen-bond donors (Lipinski definition) is 1. The number of rotatable bonds is 3. The van der Waals surface area contributed by atoms with Crippen LogP contribution in [0.1, 0.15) is 22.5 Å². The molecule has 6 heteroatoms. The molecule has 0 spiro atoms. The van der Waals surface area contributed by atoms with Crippen molar-refractivity contribution in [1.29, 1.82) is 0 Å². The van der Waals surface area contributed by atoms with Gasteiger partial charge in [-0.15, -0.1) is 0 Å². The molecule has 0 amide bonds. The Morgan fingerprint density at radius 1 is 1.64 bits per heavy atom. The zero-order valence-corrected chi connectivity index (χ0v) is 7.20. The highest BCUT2D eigenvalue weighted by Gasteiger charge is 2.23. The van der Waals surface area contributed by atoms with Gasteiger partial charge < -0.3 is 9.84 Å². The number of pyridine rings is 1. The summed E-state index contributed by atoms with van der Waals surface area (Å²) in [4.78, 5) is 13.9. The van der Waals surface area contributed by atoms with E-state index in [-0.39, 0.29) is 5.75 Å². The molecular weight excluding hydrogens is 196 g/mol. The van der Waals surface area contributed by atoms with E-state index in [1.54, 1.807) is 0 Å². The largest absolute Gasteiger partial charge is 0.496 e. The molecule has 14 heavy (non-hydrogen) atoms. The second-order valence-electron chi connectivity index (χ2n) is 2.38. The summed E-state index contributed by atoms with van der Waals surface area (Å²) < 4.78 is 29.3. The molecule has 76 valence electrons. The summed E-state index contributed by atoms with van der Waals surface area (Å²) in [5.74, 6) is -1.60. The Balaban J connectivity index is 3.35. The second kappa shape index (κ2) is 3.99. The number of alkyl halides is 2. The van der Waals surface area contributed by atoms with Crippen LogP contribution >= 0.6 is 0 Å². The van der Waals surface area contributed by atoms with Crippen LogP contribution < -0.4 is 4.74 Å². The number of aromatic nitrogens is 1. The third-order valence-corrected chi connectivity index (χ3v) is 1.58. The van der Waals surface area contributed by atoms with Crippen molar-refractivity contribution in [2.75, 3.05) is 7.11 Å². The number of carboxylic acids is 1. The van der Waals surface area contributed by atoms with E-state index in [9.17, 15) is 13.6 Å². The minimum Gasteiger partial charge on any atom is -0.496 e.